The monoisotopic (exact) mass is 268 g/mol. The number of anilines is 1. The minimum atomic E-state index is 0. The molecular weight excluding hydrogens is 248 g/mol. The Kier molecular flexibility index (Phi) is 5.63. The zero-order valence-corrected chi connectivity index (χ0v) is 11.7. The molecule has 0 aromatic heterocycles. The molecule has 2 rings (SSSR count). The summed E-state index contributed by atoms with van der Waals surface area (Å²) in [6, 6.07) is 8.07. The van der Waals surface area contributed by atoms with E-state index in [0.717, 1.165) is 25.2 Å². The quantitative estimate of drug-likeness (QED) is 0.881. The largest absolute Gasteiger partial charge is 0.326 e. The van der Waals surface area contributed by atoms with Crippen LogP contribution in [0.25, 0.3) is 0 Å². The van der Waals surface area contributed by atoms with Crippen LogP contribution in [-0.4, -0.2) is 19.0 Å². The molecule has 0 radical (unpaired) electrons. The van der Waals surface area contributed by atoms with Gasteiger partial charge in [-0.25, -0.2) is 0 Å². The Bertz CT molecular complexity index is 387. The SMILES string of the molecule is CCc1ccc(NC(=O)C(C)C2CNC2)cc1.Cl. The summed E-state index contributed by atoms with van der Waals surface area (Å²) in [5, 5.41) is 6.17. The van der Waals surface area contributed by atoms with Gasteiger partial charge in [-0.2, -0.15) is 0 Å². The van der Waals surface area contributed by atoms with Gasteiger partial charge in [0, 0.05) is 11.6 Å². The lowest BCUT2D eigenvalue weighted by Gasteiger charge is -2.31. The van der Waals surface area contributed by atoms with Crippen molar-refractivity contribution in [3.63, 3.8) is 0 Å². The van der Waals surface area contributed by atoms with Gasteiger partial charge < -0.3 is 10.6 Å². The number of benzene rings is 1. The number of nitrogens with one attached hydrogen (secondary N) is 2. The van der Waals surface area contributed by atoms with Crippen LogP contribution in [0, 0.1) is 11.8 Å². The molecule has 1 saturated heterocycles. The van der Waals surface area contributed by atoms with Crippen LogP contribution in [0.15, 0.2) is 24.3 Å². The number of carbonyl (C=O) groups excluding carboxylic acids is 1. The van der Waals surface area contributed by atoms with Crippen molar-refractivity contribution in [1.29, 1.82) is 0 Å². The summed E-state index contributed by atoms with van der Waals surface area (Å²) in [6.45, 7) is 6.05. The first kappa shape index (κ1) is 15.0. The van der Waals surface area contributed by atoms with Crippen LogP contribution in [0.1, 0.15) is 19.4 Å². The van der Waals surface area contributed by atoms with Crippen molar-refractivity contribution < 1.29 is 4.79 Å². The van der Waals surface area contributed by atoms with Crippen LogP contribution >= 0.6 is 12.4 Å². The highest BCUT2D eigenvalue weighted by Gasteiger charge is 2.28. The van der Waals surface area contributed by atoms with Crippen LogP contribution in [0.4, 0.5) is 5.69 Å². The number of hydrogen-bond donors (Lipinski definition) is 2. The standard InChI is InChI=1S/C14H20N2O.ClH/c1-3-11-4-6-13(7-5-11)16-14(17)10(2)12-8-15-9-12;/h4-7,10,12,15H,3,8-9H2,1-2H3,(H,16,17);1H. The predicted molar refractivity (Wildman–Crippen MR) is 77.2 cm³/mol. The normalized spacial score (nSPS) is 16.3. The average molecular weight is 269 g/mol. The van der Waals surface area contributed by atoms with Crippen LogP contribution in [-0.2, 0) is 11.2 Å². The van der Waals surface area contributed by atoms with Crippen molar-refractivity contribution in [2.45, 2.75) is 20.3 Å². The van der Waals surface area contributed by atoms with E-state index in [2.05, 4.69) is 29.7 Å². The third kappa shape index (κ3) is 3.47. The number of amides is 1. The highest BCUT2D eigenvalue weighted by atomic mass is 35.5. The first-order chi connectivity index (χ1) is 8.20. The summed E-state index contributed by atoms with van der Waals surface area (Å²) in [5.74, 6) is 0.702. The maximum atomic E-state index is 12.0. The number of halogens is 1. The topological polar surface area (TPSA) is 41.1 Å². The Labute approximate surface area is 115 Å². The van der Waals surface area contributed by atoms with E-state index in [0.29, 0.717) is 5.92 Å². The zero-order chi connectivity index (χ0) is 12.3. The second-order valence-corrected chi connectivity index (χ2v) is 4.75. The Hall–Kier alpha value is -1.06. The second kappa shape index (κ2) is 6.76. The van der Waals surface area contributed by atoms with Crippen LogP contribution in [0.5, 0.6) is 0 Å². The highest BCUT2D eigenvalue weighted by Crippen LogP contribution is 2.18. The first-order valence-electron chi connectivity index (χ1n) is 6.31. The van der Waals surface area contributed by atoms with E-state index in [-0.39, 0.29) is 24.2 Å². The van der Waals surface area contributed by atoms with E-state index >= 15 is 0 Å². The molecule has 1 amide bonds. The molecule has 100 valence electrons. The van der Waals surface area contributed by atoms with Gasteiger partial charge in [0.1, 0.15) is 0 Å². The first-order valence-corrected chi connectivity index (χ1v) is 6.31. The molecule has 3 nitrogen and oxygen atoms in total. The fraction of sp³-hybridized carbons (Fsp3) is 0.500. The van der Waals surface area contributed by atoms with Gasteiger partial charge in [0.25, 0.3) is 0 Å². The number of aryl methyl sites for hydroxylation is 1. The number of hydrogen-bond acceptors (Lipinski definition) is 2. The van der Waals surface area contributed by atoms with Gasteiger partial charge in [-0.3, -0.25) is 4.79 Å². The van der Waals surface area contributed by atoms with Crippen molar-refractivity contribution in [3.8, 4) is 0 Å². The zero-order valence-electron chi connectivity index (χ0n) is 10.9. The molecule has 18 heavy (non-hydrogen) atoms. The van der Waals surface area contributed by atoms with Gasteiger partial charge >= 0.3 is 0 Å². The van der Waals surface area contributed by atoms with Crippen LogP contribution < -0.4 is 10.6 Å². The Morgan fingerprint density at radius 2 is 2.00 bits per heavy atom. The molecule has 1 aromatic rings. The summed E-state index contributed by atoms with van der Waals surface area (Å²) in [5.41, 5.74) is 2.19. The molecule has 1 aliphatic rings. The van der Waals surface area contributed by atoms with Crippen molar-refractivity contribution >= 4 is 24.0 Å². The smallest absolute Gasteiger partial charge is 0.227 e. The Morgan fingerprint density at radius 1 is 1.39 bits per heavy atom. The third-order valence-electron chi connectivity index (χ3n) is 3.56. The molecular formula is C14H21ClN2O. The van der Waals surface area contributed by atoms with Gasteiger partial charge in [-0.15, -0.1) is 12.4 Å². The van der Waals surface area contributed by atoms with E-state index in [9.17, 15) is 4.79 Å². The van der Waals surface area contributed by atoms with E-state index in [1.165, 1.54) is 5.56 Å². The lowest BCUT2D eigenvalue weighted by Crippen LogP contribution is -2.48. The molecule has 4 heteroatoms. The van der Waals surface area contributed by atoms with Gasteiger partial charge in [-0.05, 0) is 43.1 Å². The molecule has 1 aromatic carbocycles. The lowest BCUT2D eigenvalue weighted by atomic mass is 9.88. The third-order valence-corrected chi connectivity index (χ3v) is 3.56. The molecule has 1 heterocycles. The maximum Gasteiger partial charge on any atom is 0.227 e. The van der Waals surface area contributed by atoms with Gasteiger partial charge in [-0.1, -0.05) is 26.0 Å². The van der Waals surface area contributed by atoms with Gasteiger partial charge in [0.2, 0.25) is 5.91 Å². The molecule has 0 aliphatic carbocycles. The van der Waals surface area contributed by atoms with Crippen molar-refractivity contribution in [2.24, 2.45) is 11.8 Å². The maximum absolute atomic E-state index is 12.0. The van der Waals surface area contributed by atoms with Crippen LogP contribution in [0.2, 0.25) is 0 Å². The Morgan fingerprint density at radius 3 is 2.44 bits per heavy atom. The van der Waals surface area contributed by atoms with Gasteiger partial charge in [0.15, 0.2) is 0 Å². The van der Waals surface area contributed by atoms with E-state index in [4.69, 9.17) is 0 Å². The van der Waals surface area contributed by atoms with E-state index in [1.807, 2.05) is 19.1 Å². The molecule has 1 fully saturated rings. The summed E-state index contributed by atoms with van der Waals surface area (Å²) < 4.78 is 0. The second-order valence-electron chi connectivity index (χ2n) is 4.75. The molecule has 0 saturated carbocycles. The molecule has 1 unspecified atom stereocenters. The molecule has 1 atom stereocenters. The lowest BCUT2D eigenvalue weighted by molar-refractivity contribution is -0.121. The summed E-state index contributed by atoms with van der Waals surface area (Å²) in [6.07, 6.45) is 1.03. The van der Waals surface area contributed by atoms with E-state index in [1.54, 1.807) is 0 Å². The molecule has 2 N–H and O–H groups in total. The van der Waals surface area contributed by atoms with Gasteiger partial charge in [0.05, 0.1) is 0 Å². The number of rotatable bonds is 4. The summed E-state index contributed by atoms with van der Waals surface area (Å²) in [4.78, 5) is 12.0. The summed E-state index contributed by atoms with van der Waals surface area (Å²) >= 11 is 0. The van der Waals surface area contributed by atoms with Crippen molar-refractivity contribution in [1.82, 2.24) is 5.32 Å². The fourth-order valence-electron chi connectivity index (χ4n) is 1.96. The minimum Gasteiger partial charge on any atom is -0.326 e. The average Bonchev–Trinajstić information content (AvgIpc) is 2.27. The van der Waals surface area contributed by atoms with Crippen molar-refractivity contribution in [2.75, 3.05) is 18.4 Å². The summed E-state index contributed by atoms with van der Waals surface area (Å²) in [7, 11) is 0. The van der Waals surface area contributed by atoms with Crippen molar-refractivity contribution in [3.05, 3.63) is 29.8 Å². The number of carbonyl (C=O) groups is 1. The molecule has 0 spiro atoms. The molecule has 1 aliphatic heterocycles. The fourth-order valence-corrected chi connectivity index (χ4v) is 1.96. The van der Waals surface area contributed by atoms with Crippen LogP contribution in [0.3, 0.4) is 0 Å². The predicted octanol–water partition coefficient (Wildman–Crippen LogP) is 2.46. The van der Waals surface area contributed by atoms with E-state index < -0.39 is 0 Å². The molecule has 0 bridgehead atoms. The Balaban J connectivity index is 0.00000162. The highest BCUT2D eigenvalue weighted by molar-refractivity contribution is 5.92. The minimum absolute atomic E-state index is 0.